The van der Waals surface area contributed by atoms with Gasteiger partial charge < -0.3 is 32.8 Å². The summed E-state index contributed by atoms with van der Waals surface area (Å²) < 4.78 is 39.4. The number of rotatable bonds is 7. The molecule has 5 atom stereocenters. The van der Waals surface area contributed by atoms with Gasteiger partial charge in [-0.2, -0.15) is 0 Å². The van der Waals surface area contributed by atoms with Gasteiger partial charge in [0.05, 0.1) is 5.02 Å². The van der Waals surface area contributed by atoms with E-state index in [0.717, 1.165) is 27.7 Å². The van der Waals surface area contributed by atoms with Crippen LogP contribution in [0.5, 0.6) is 5.75 Å². The fourth-order valence-electron chi connectivity index (χ4n) is 4.93. The first-order chi connectivity index (χ1) is 20.9. The largest absolute Gasteiger partial charge is 0.463 e. The van der Waals surface area contributed by atoms with E-state index < -0.39 is 61.2 Å². The molecule has 2 aromatic carbocycles. The minimum Gasteiger partial charge on any atom is -0.463 e. The third-order valence-electron chi connectivity index (χ3n) is 6.60. The van der Waals surface area contributed by atoms with Gasteiger partial charge in [-0.3, -0.25) is 24.0 Å². The Bertz CT molecular complexity index is 1800. The van der Waals surface area contributed by atoms with Crippen molar-refractivity contribution < 1.29 is 52.0 Å². The number of nitrogens with zero attached hydrogens (tertiary/aromatic N) is 1. The van der Waals surface area contributed by atoms with E-state index in [9.17, 15) is 24.0 Å². The summed E-state index contributed by atoms with van der Waals surface area (Å²) in [7, 11) is 0. The number of esters is 4. The standard InChI is InChI=1S/C30H26ClNO12/c1-13(33)38-12-25-27(39-14(2)34)28(40-15(3)35)29(41-16(4)36)30(44-25)43-22-11-23-20(9-19(22)31)32-26-18-8-6-5-7-17(18)21(37)10-24(26)42-23/h5-11,25,27-30H,12H2,1-4H3/t25-,27+,28+,29-,30-/m1/s1. The van der Waals surface area contributed by atoms with E-state index >= 15 is 0 Å². The number of carbonyl (C=O) groups excluding carboxylic acids is 4. The van der Waals surface area contributed by atoms with Crippen molar-refractivity contribution >= 4 is 57.4 Å². The van der Waals surface area contributed by atoms with Gasteiger partial charge in [0.15, 0.2) is 29.0 Å². The molecule has 5 rings (SSSR count). The van der Waals surface area contributed by atoms with Crippen LogP contribution in [0.3, 0.4) is 0 Å². The molecule has 0 N–H and O–H groups in total. The van der Waals surface area contributed by atoms with Crippen molar-refractivity contribution in [2.75, 3.05) is 6.61 Å². The topological polar surface area (TPSA) is 167 Å². The Kier molecular flexibility index (Phi) is 8.70. The number of aromatic nitrogens is 1. The molecule has 3 aliphatic rings. The zero-order valence-electron chi connectivity index (χ0n) is 23.9. The van der Waals surface area contributed by atoms with Crippen LogP contribution in [0.2, 0.25) is 5.02 Å². The number of hydrogen-bond donors (Lipinski definition) is 0. The molecule has 0 radical (unpaired) electrons. The molecular formula is C30H26ClNO12. The van der Waals surface area contributed by atoms with Gasteiger partial charge in [-0.15, -0.1) is 0 Å². The average molecular weight is 628 g/mol. The number of benzene rings is 3. The third-order valence-corrected chi connectivity index (χ3v) is 6.90. The number of halogens is 1. The maximum atomic E-state index is 12.7. The molecule has 13 nitrogen and oxygen atoms in total. The quantitative estimate of drug-likeness (QED) is 0.126. The first-order valence-corrected chi connectivity index (χ1v) is 13.7. The molecule has 14 heteroatoms. The predicted octanol–water partition coefficient (Wildman–Crippen LogP) is 3.56. The number of carbonyl (C=O) groups is 4. The monoisotopic (exact) mass is 627 g/mol. The lowest BCUT2D eigenvalue weighted by Gasteiger charge is -2.43. The first-order valence-electron chi connectivity index (χ1n) is 13.3. The zero-order chi connectivity index (χ0) is 31.7. The van der Waals surface area contributed by atoms with Gasteiger partial charge in [-0.25, -0.2) is 4.98 Å². The second kappa shape index (κ2) is 12.5. The molecule has 0 spiro atoms. The molecule has 230 valence electrons. The second-order valence-electron chi connectivity index (χ2n) is 9.92. The Morgan fingerprint density at radius 3 is 2.14 bits per heavy atom. The van der Waals surface area contributed by atoms with E-state index in [1.165, 1.54) is 18.2 Å². The van der Waals surface area contributed by atoms with Gasteiger partial charge in [-0.1, -0.05) is 35.9 Å². The summed E-state index contributed by atoms with van der Waals surface area (Å²) in [5, 5.41) is 1.14. The highest BCUT2D eigenvalue weighted by Gasteiger charge is 2.53. The predicted molar refractivity (Wildman–Crippen MR) is 152 cm³/mol. The normalized spacial score (nSPS) is 21.5. The molecule has 2 aromatic rings. The highest BCUT2D eigenvalue weighted by atomic mass is 35.5. The van der Waals surface area contributed by atoms with E-state index in [0.29, 0.717) is 22.0 Å². The van der Waals surface area contributed by atoms with Gasteiger partial charge in [0, 0.05) is 50.6 Å². The van der Waals surface area contributed by atoms with Gasteiger partial charge >= 0.3 is 23.9 Å². The highest BCUT2D eigenvalue weighted by molar-refractivity contribution is 6.32. The summed E-state index contributed by atoms with van der Waals surface area (Å²) in [6.45, 7) is 4.07. The van der Waals surface area contributed by atoms with Gasteiger partial charge in [-0.05, 0) is 6.07 Å². The maximum Gasteiger partial charge on any atom is 0.303 e. The SMILES string of the molecule is CC(=O)OC[C@H]1O[C@@H](Oc2cc3oc4cc(=O)c5ccccc5c-4nc3cc2Cl)[C@H](OC(C)=O)[C@@H](OC(C)=O)[C@H]1OC(C)=O. The molecule has 2 heterocycles. The van der Waals surface area contributed by atoms with Crippen molar-refractivity contribution in [1.29, 1.82) is 0 Å². The molecule has 44 heavy (non-hydrogen) atoms. The molecule has 1 saturated heterocycles. The van der Waals surface area contributed by atoms with E-state index in [2.05, 4.69) is 4.98 Å². The molecule has 0 bridgehead atoms. The van der Waals surface area contributed by atoms with E-state index in [1.54, 1.807) is 24.3 Å². The average Bonchev–Trinajstić information content (AvgIpc) is 2.94. The second-order valence-corrected chi connectivity index (χ2v) is 10.3. The third kappa shape index (κ3) is 6.43. The van der Waals surface area contributed by atoms with Crippen LogP contribution < -0.4 is 10.2 Å². The smallest absolute Gasteiger partial charge is 0.303 e. The van der Waals surface area contributed by atoms with Crippen LogP contribution in [-0.2, 0) is 42.9 Å². The summed E-state index contributed by atoms with van der Waals surface area (Å²) in [6.07, 6.45) is -6.99. The van der Waals surface area contributed by atoms with Crippen LogP contribution in [0.25, 0.3) is 33.3 Å². The Labute approximate surface area is 254 Å². The number of ether oxygens (including phenoxy) is 6. The number of fused-ring (bicyclic) bond motifs is 4. The molecule has 1 fully saturated rings. The van der Waals surface area contributed by atoms with Crippen LogP contribution in [0.4, 0.5) is 0 Å². The van der Waals surface area contributed by atoms with Crippen LogP contribution in [0, 0.1) is 0 Å². The number of hydrogen-bond acceptors (Lipinski definition) is 13. The van der Waals surface area contributed by atoms with Crippen LogP contribution >= 0.6 is 11.6 Å². The van der Waals surface area contributed by atoms with Gasteiger partial charge in [0.2, 0.25) is 12.4 Å². The molecule has 0 aromatic heterocycles. The van der Waals surface area contributed by atoms with E-state index in [-0.39, 0.29) is 27.5 Å². The first kappa shape index (κ1) is 30.7. The fraction of sp³-hybridized carbons (Fsp3) is 0.333. The van der Waals surface area contributed by atoms with Crippen molar-refractivity contribution in [3.8, 4) is 17.2 Å². The Morgan fingerprint density at radius 1 is 0.841 bits per heavy atom. The van der Waals surface area contributed by atoms with Crippen molar-refractivity contribution in [2.45, 2.75) is 58.4 Å². The van der Waals surface area contributed by atoms with Gasteiger partial charge in [0.25, 0.3) is 0 Å². The zero-order valence-corrected chi connectivity index (χ0v) is 24.6. The van der Waals surface area contributed by atoms with Crippen molar-refractivity contribution in [2.24, 2.45) is 0 Å². The minimum absolute atomic E-state index is 0.0203. The summed E-state index contributed by atoms with van der Waals surface area (Å²) in [4.78, 5) is 65.1. The van der Waals surface area contributed by atoms with Crippen LogP contribution in [0.1, 0.15) is 27.7 Å². The molecule has 0 saturated carbocycles. The summed E-state index contributed by atoms with van der Waals surface area (Å²) >= 11 is 6.58. The molecule has 0 unspecified atom stereocenters. The van der Waals surface area contributed by atoms with Crippen LogP contribution in [0.15, 0.2) is 51.7 Å². The van der Waals surface area contributed by atoms with Crippen LogP contribution in [-0.4, -0.2) is 66.2 Å². The molecule has 1 aliphatic carbocycles. The molecule has 0 amide bonds. The Morgan fingerprint density at radius 2 is 1.48 bits per heavy atom. The Hall–Kier alpha value is -4.75. The maximum absolute atomic E-state index is 12.7. The summed E-state index contributed by atoms with van der Waals surface area (Å²) in [6, 6.07) is 11.2. The Balaban J connectivity index is 1.57. The van der Waals surface area contributed by atoms with Gasteiger partial charge in [0.1, 0.15) is 29.7 Å². The highest BCUT2D eigenvalue weighted by Crippen LogP contribution is 2.37. The van der Waals surface area contributed by atoms with Crippen molar-refractivity contribution in [3.05, 3.63) is 57.7 Å². The summed E-state index contributed by atoms with van der Waals surface area (Å²) in [5.41, 5.74) is 0.746. The fourth-order valence-corrected chi connectivity index (χ4v) is 5.13. The van der Waals surface area contributed by atoms with E-state index in [4.69, 9.17) is 44.4 Å². The van der Waals surface area contributed by atoms with Crippen molar-refractivity contribution in [1.82, 2.24) is 4.98 Å². The van der Waals surface area contributed by atoms with Crippen molar-refractivity contribution in [3.63, 3.8) is 0 Å². The molecule has 2 aliphatic heterocycles. The van der Waals surface area contributed by atoms with E-state index in [1.807, 2.05) is 0 Å². The minimum atomic E-state index is -1.52. The lowest BCUT2D eigenvalue weighted by atomic mass is 9.98. The molecular weight excluding hydrogens is 602 g/mol. The summed E-state index contributed by atoms with van der Waals surface area (Å²) in [5.74, 6) is -2.80. The lowest BCUT2D eigenvalue weighted by Crippen LogP contribution is -2.63. The lowest BCUT2D eigenvalue weighted by molar-refractivity contribution is -0.288.